The maximum atomic E-state index is 12.7. The number of nitrogens with one attached hydrogen (secondary N) is 1. The lowest BCUT2D eigenvalue weighted by Gasteiger charge is -2.10. The molecule has 0 unspecified atom stereocenters. The molecule has 0 fully saturated rings. The second-order valence-electron chi connectivity index (χ2n) is 7.35. The summed E-state index contributed by atoms with van der Waals surface area (Å²) in [7, 11) is 0. The van der Waals surface area contributed by atoms with Gasteiger partial charge in [0.2, 0.25) is 5.78 Å². The van der Waals surface area contributed by atoms with Gasteiger partial charge in [-0.05, 0) is 44.0 Å². The number of para-hydroxylation sites is 1. The first-order valence-corrected chi connectivity index (χ1v) is 10.2. The Bertz CT molecular complexity index is 1380. The first kappa shape index (κ1) is 20.5. The molecule has 7 heteroatoms. The van der Waals surface area contributed by atoms with Gasteiger partial charge in [0.05, 0.1) is 16.6 Å². The molecule has 0 saturated heterocycles. The van der Waals surface area contributed by atoms with E-state index in [-0.39, 0.29) is 23.5 Å². The SMILES string of the molecule is CCc1cccc2c(C(=O)COC(=O)c3ccc4c(c3)nc(C)c(=O)n4CC)c[nH]c12. The molecule has 4 rings (SSSR count). The average Bonchev–Trinajstić information content (AvgIpc) is 3.22. The van der Waals surface area contributed by atoms with Gasteiger partial charge in [0.1, 0.15) is 5.69 Å². The molecule has 0 aliphatic rings. The monoisotopic (exact) mass is 417 g/mol. The summed E-state index contributed by atoms with van der Waals surface area (Å²) in [5, 5.41) is 0.823. The highest BCUT2D eigenvalue weighted by molar-refractivity contribution is 6.09. The van der Waals surface area contributed by atoms with Crippen LogP contribution >= 0.6 is 0 Å². The van der Waals surface area contributed by atoms with Crippen molar-refractivity contribution in [2.24, 2.45) is 0 Å². The van der Waals surface area contributed by atoms with Crippen LogP contribution in [0.1, 0.15) is 45.8 Å². The van der Waals surface area contributed by atoms with Gasteiger partial charge in [0.25, 0.3) is 5.56 Å². The zero-order chi connectivity index (χ0) is 22.1. The number of fused-ring (bicyclic) bond motifs is 2. The Balaban J connectivity index is 1.55. The largest absolute Gasteiger partial charge is 0.454 e. The Morgan fingerprint density at radius 1 is 1.16 bits per heavy atom. The highest BCUT2D eigenvalue weighted by Gasteiger charge is 2.17. The Hall–Kier alpha value is -3.74. The molecule has 2 aromatic carbocycles. The Morgan fingerprint density at radius 2 is 1.97 bits per heavy atom. The van der Waals surface area contributed by atoms with Crippen LogP contribution in [0.3, 0.4) is 0 Å². The van der Waals surface area contributed by atoms with Crippen molar-refractivity contribution in [3.8, 4) is 0 Å². The fourth-order valence-corrected chi connectivity index (χ4v) is 3.85. The molecule has 0 spiro atoms. The summed E-state index contributed by atoms with van der Waals surface area (Å²) in [6, 6.07) is 10.6. The van der Waals surface area contributed by atoms with E-state index in [1.165, 1.54) is 0 Å². The first-order valence-electron chi connectivity index (χ1n) is 10.2. The van der Waals surface area contributed by atoms with E-state index in [9.17, 15) is 14.4 Å². The molecule has 0 aliphatic heterocycles. The Morgan fingerprint density at radius 3 is 2.71 bits per heavy atom. The number of Topliss-reactive ketones (excluding diaryl/α,β-unsaturated/α-hetero) is 1. The minimum Gasteiger partial charge on any atom is -0.454 e. The molecule has 0 aliphatic carbocycles. The van der Waals surface area contributed by atoms with Gasteiger partial charge in [-0.25, -0.2) is 9.78 Å². The summed E-state index contributed by atoms with van der Waals surface area (Å²) in [4.78, 5) is 44.9. The molecule has 1 N–H and O–H groups in total. The predicted octanol–water partition coefficient (Wildman–Crippen LogP) is 3.81. The number of hydrogen-bond acceptors (Lipinski definition) is 5. The van der Waals surface area contributed by atoms with E-state index < -0.39 is 5.97 Å². The lowest BCUT2D eigenvalue weighted by molar-refractivity contribution is 0.0475. The standard InChI is InChI=1S/C24H23N3O4/c1-4-15-7-6-8-17-18(12-25-22(15)17)21(28)13-31-24(30)16-9-10-20-19(11-16)26-14(3)23(29)27(20)5-2/h6-12,25H,4-5,13H2,1-3H3. The Labute approximate surface area is 178 Å². The third kappa shape index (κ3) is 3.63. The number of H-pyrrole nitrogens is 1. The van der Waals surface area contributed by atoms with E-state index in [2.05, 4.69) is 16.9 Å². The normalized spacial score (nSPS) is 11.2. The number of hydrogen-bond donors (Lipinski definition) is 1. The lowest BCUT2D eigenvalue weighted by atomic mass is 10.1. The summed E-state index contributed by atoms with van der Waals surface area (Å²) in [6.07, 6.45) is 2.51. The molecule has 0 amide bonds. The van der Waals surface area contributed by atoms with Crippen molar-refractivity contribution >= 4 is 33.7 Å². The fraction of sp³-hybridized carbons (Fsp3) is 0.250. The predicted molar refractivity (Wildman–Crippen MR) is 119 cm³/mol. The topological polar surface area (TPSA) is 94.1 Å². The van der Waals surface area contributed by atoms with Crippen LogP contribution in [-0.2, 0) is 17.7 Å². The number of ether oxygens (including phenoxy) is 1. The zero-order valence-corrected chi connectivity index (χ0v) is 17.7. The van der Waals surface area contributed by atoms with Crippen LogP contribution in [0.15, 0.2) is 47.4 Å². The van der Waals surface area contributed by atoms with Gasteiger partial charge in [0.15, 0.2) is 6.61 Å². The van der Waals surface area contributed by atoms with Crippen LogP contribution in [0.25, 0.3) is 21.9 Å². The van der Waals surface area contributed by atoms with Crippen molar-refractivity contribution in [3.63, 3.8) is 0 Å². The van der Waals surface area contributed by atoms with Crippen molar-refractivity contribution < 1.29 is 14.3 Å². The third-order valence-electron chi connectivity index (χ3n) is 5.48. The lowest BCUT2D eigenvalue weighted by Crippen LogP contribution is -2.23. The van der Waals surface area contributed by atoms with Crippen molar-refractivity contribution in [3.05, 3.63) is 75.3 Å². The van der Waals surface area contributed by atoms with Crippen molar-refractivity contribution in [1.82, 2.24) is 14.5 Å². The molecule has 4 aromatic rings. The van der Waals surface area contributed by atoms with Gasteiger partial charge in [-0.1, -0.05) is 25.1 Å². The van der Waals surface area contributed by atoms with E-state index in [0.717, 1.165) is 22.9 Å². The summed E-state index contributed by atoms with van der Waals surface area (Å²) in [5.41, 5.74) is 4.22. The van der Waals surface area contributed by atoms with Gasteiger partial charge in [-0.15, -0.1) is 0 Å². The van der Waals surface area contributed by atoms with Gasteiger partial charge in [-0.2, -0.15) is 0 Å². The summed E-state index contributed by atoms with van der Waals surface area (Å²) >= 11 is 0. The molecule has 158 valence electrons. The molecule has 0 radical (unpaired) electrons. The molecule has 0 atom stereocenters. The van der Waals surface area contributed by atoms with Crippen LogP contribution in [0.2, 0.25) is 0 Å². The minimum absolute atomic E-state index is 0.152. The van der Waals surface area contributed by atoms with Gasteiger partial charge in [-0.3, -0.25) is 9.59 Å². The molecular formula is C24H23N3O4. The maximum Gasteiger partial charge on any atom is 0.338 e. The second kappa shape index (κ2) is 8.18. The van der Waals surface area contributed by atoms with Crippen LogP contribution in [-0.4, -0.2) is 32.9 Å². The van der Waals surface area contributed by atoms with E-state index in [4.69, 9.17) is 4.74 Å². The second-order valence-corrected chi connectivity index (χ2v) is 7.35. The quantitative estimate of drug-likeness (QED) is 0.380. The molecule has 2 heterocycles. The molecule has 0 saturated carbocycles. The number of aryl methyl sites for hydroxylation is 3. The summed E-state index contributed by atoms with van der Waals surface area (Å²) in [6.45, 7) is 5.71. The van der Waals surface area contributed by atoms with E-state index in [1.807, 2.05) is 25.1 Å². The smallest absolute Gasteiger partial charge is 0.338 e. The van der Waals surface area contributed by atoms with Crippen molar-refractivity contribution in [1.29, 1.82) is 0 Å². The molecule has 31 heavy (non-hydrogen) atoms. The summed E-state index contributed by atoms with van der Waals surface area (Å²) in [5.74, 6) is -0.888. The first-order chi connectivity index (χ1) is 14.9. The number of aromatic amines is 1. The number of benzene rings is 2. The number of ketones is 1. The highest BCUT2D eigenvalue weighted by Crippen LogP contribution is 2.23. The van der Waals surface area contributed by atoms with E-state index >= 15 is 0 Å². The van der Waals surface area contributed by atoms with Crippen LogP contribution < -0.4 is 5.56 Å². The van der Waals surface area contributed by atoms with Gasteiger partial charge >= 0.3 is 5.97 Å². The third-order valence-corrected chi connectivity index (χ3v) is 5.48. The average molecular weight is 417 g/mol. The van der Waals surface area contributed by atoms with Gasteiger partial charge in [0, 0.05) is 29.2 Å². The van der Waals surface area contributed by atoms with Crippen molar-refractivity contribution in [2.45, 2.75) is 33.7 Å². The number of aromatic nitrogens is 3. The maximum absolute atomic E-state index is 12.7. The zero-order valence-electron chi connectivity index (χ0n) is 17.7. The molecular weight excluding hydrogens is 394 g/mol. The van der Waals surface area contributed by atoms with Crippen LogP contribution in [0.5, 0.6) is 0 Å². The number of carbonyl (C=O) groups excluding carboxylic acids is 2. The number of esters is 1. The molecule has 7 nitrogen and oxygen atoms in total. The van der Waals surface area contributed by atoms with E-state index in [0.29, 0.717) is 28.8 Å². The van der Waals surface area contributed by atoms with Crippen LogP contribution in [0, 0.1) is 6.92 Å². The fourth-order valence-electron chi connectivity index (χ4n) is 3.85. The Kier molecular flexibility index (Phi) is 5.42. The number of nitrogens with zero attached hydrogens (tertiary/aromatic N) is 2. The van der Waals surface area contributed by atoms with E-state index in [1.54, 1.807) is 35.9 Å². The van der Waals surface area contributed by atoms with Gasteiger partial charge < -0.3 is 14.3 Å². The number of carbonyl (C=O) groups is 2. The van der Waals surface area contributed by atoms with Crippen molar-refractivity contribution in [2.75, 3.05) is 6.61 Å². The summed E-state index contributed by atoms with van der Waals surface area (Å²) < 4.78 is 6.89. The van der Waals surface area contributed by atoms with Crippen LogP contribution in [0.4, 0.5) is 0 Å². The molecule has 2 aromatic heterocycles. The molecule has 0 bridgehead atoms. The highest BCUT2D eigenvalue weighted by atomic mass is 16.5. The minimum atomic E-state index is -0.613. The number of rotatable bonds is 6.